The SMILES string of the molecule is Nc1nc(N2CCCNC(=O)C2)c2ccccc2n1. The number of nitrogens with zero attached hydrogens (tertiary/aromatic N) is 3. The highest BCUT2D eigenvalue weighted by atomic mass is 16.2. The lowest BCUT2D eigenvalue weighted by molar-refractivity contribution is -0.119. The number of para-hydroxylation sites is 1. The van der Waals surface area contributed by atoms with E-state index in [0.717, 1.165) is 29.7 Å². The van der Waals surface area contributed by atoms with Gasteiger partial charge < -0.3 is 16.0 Å². The zero-order valence-corrected chi connectivity index (χ0v) is 10.5. The maximum atomic E-state index is 11.7. The van der Waals surface area contributed by atoms with Crippen LogP contribution in [0.25, 0.3) is 10.9 Å². The van der Waals surface area contributed by atoms with Crippen molar-refractivity contribution in [2.45, 2.75) is 6.42 Å². The number of aromatic nitrogens is 2. The van der Waals surface area contributed by atoms with E-state index in [4.69, 9.17) is 5.73 Å². The van der Waals surface area contributed by atoms with Crippen LogP contribution in [0, 0.1) is 0 Å². The van der Waals surface area contributed by atoms with Crippen molar-refractivity contribution < 1.29 is 4.79 Å². The molecular formula is C13H15N5O. The van der Waals surface area contributed by atoms with Crippen molar-refractivity contribution in [2.24, 2.45) is 0 Å². The Balaban J connectivity index is 2.10. The minimum Gasteiger partial charge on any atom is -0.368 e. The van der Waals surface area contributed by atoms with Crippen molar-refractivity contribution in [3.05, 3.63) is 24.3 Å². The summed E-state index contributed by atoms with van der Waals surface area (Å²) in [6, 6.07) is 7.69. The van der Waals surface area contributed by atoms with Crippen LogP contribution < -0.4 is 16.0 Å². The summed E-state index contributed by atoms with van der Waals surface area (Å²) in [5, 5.41) is 3.77. The standard InChI is InChI=1S/C13H15N5O/c14-13-16-10-5-2-1-4-9(10)12(17-13)18-7-3-6-15-11(19)8-18/h1-2,4-5H,3,6-8H2,(H,15,19)(H2,14,16,17). The zero-order valence-electron chi connectivity index (χ0n) is 10.5. The topological polar surface area (TPSA) is 84.1 Å². The number of fused-ring (bicyclic) bond motifs is 1. The summed E-state index contributed by atoms with van der Waals surface area (Å²) in [4.78, 5) is 22.1. The Morgan fingerprint density at radius 3 is 3.00 bits per heavy atom. The Morgan fingerprint density at radius 1 is 1.26 bits per heavy atom. The Hall–Kier alpha value is -2.37. The molecule has 1 aliphatic heterocycles. The molecule has 3 N–H and O–H groups in total. The number of hydrogen-bond donors (Lipinski definition) is 2. The Morgan fingerprint density at radius 2 is 2.11 bits per heavy atom. The summed E-state index contributed by atoms with van der Waals surface area (Å²) in [5.74, 6) is 0.984. The number of carbonyl (C=O) groups excluding carboxylic acids is 1. The molecule has 2 heterocycles. The minimum atomic E-state index is 0.0127. The first-order chi connectivity index (χ1) is 9.24. The van der Waals surface area contributed by atoms with Gasteiger partial charge in [0, 0.05) is 18.5 Å². The summed E-state index contributed by atoms with van der Waals surface area (Å²) < 4.78 is 0. The highest BCUT2D eigenvalue weighted by molar-refractivity contribution is 5.92. The average Bonchev–Trinajstić information content (AvgIpc) is 2.62. The molecule has 1 saturated heterocycles. The number of nitrogen functional groups attached to an aromatic ring is 1. The molecule has 6 heteroatoms. The minimum absolute atomic E-state index is 0.0127. The van der Waals surface area contributed by atoms with Crippen LogP contribution in [-0.4, -0.2) is 35.5 Å². The second-order valence-corrected chi connectivity index (χ2v) is 4.55. The van der Waals surface area contributed by atoms with Gasteiger partial charge in [0.25, 0.3) is 0 Å². The lowest BCUT2D eigenvalue weighted by Gasteiger charge is -2.21. The van der Waals surface area contributed by atoms with Gasteiger partial charge in [0.2, 0.25) is 11.9 Å². The van der Waals surface area contributed by atoms with Gasteiger partial charge in [0.05, 0.1) is 12.1 Å². The van der Waals surface area contributed by atoms with Gasteiger partial charge >= 0.3 is 0 Å². The first-order valence-corrected chi connectivity index (χ1v) is 6.28. The molecule has 0 atom stereocenters. The van der Waals surface area contributed by atoms with Crippen LogP contribution in [0.1, 0.15) is 6.42 Å². The first kappa shape index (κ1) is 11.7. The molecule has 0 saturated carbocycles. The third-order valence-corrected chi connectivity index (χ3v) is 3.16. The van der Waals surface area contributed by atoms with Gasteiger partial charge in [-0.3, -0.25) is 4.79 Å². The molecule has 6 nitrogen and oxygen atoms in total. The van der Waals surface area contributed by atoms with Crippen LogP contribution in [0.3, 0.4) is 0 Å². The molecule has 19 heavy (non-hydrogen) atoms. The van der Waals surface area contributed by atoms with E-state index in [2.05, 4.69) is 15.3 Å². The molecule has 0 bridgehead atoms. The van der Waals surface area contributed by atoms with Gasteiger partial charge in [-0.25, -0.2) is 4.98 Å². The third kappa shape index (κ3) is 2.29. The van der Waals surface area contributed by atoms with Crippen molar-refractivity contribution in [3.63, 3.8) is 0 Å². The van der Waals surface area contributed by atoms with E-state index in [1.54, 1.807) is 0 Å². The number of benzene rings is 1. The summed E-state index contributed by atoms with van der Waals surface area (Å²) in [7, 11) is 0. The van der Waals surface area contributed by atoms with Gasteiger partial charge in [-0.05, 0) is 18.6 Å². The van der Waals surface area contributed by atoms with Crippen molar-refractivity contribution >= 4 is 28.6 Å². The highest BCUT2D eigenvalue weighted by Gasteiger charge is 2.18. The monoisotopic (exact) mass is 257 g/mol. The van der Waals surface area contributed by atoms with Crippen LogP contribution in [0.4, 0.5) is 11.8 Å². The lowest BCUT2D eigenvalue weighted by Crippen LogP contribution is -2.33. The van der Waals surface area contributed by atoms with E-state index >= 15 is 0 Å². The molecule has 1 aromatic heterocycles. The molecule has 3 rings (SSSR count). The van der Waals surface area contributed by atoms with Gasteiger partial charge in [-0.15, -0.1) is 0 Å². The van der Waals surface area contributed by atoms with Gasteiger partial charge in [-0.2, -0.15) is 4.98 Å². The molecule has 1 amide bonds. The molecule has 0 unspecified atom stereocenters. The predicted molar refractivity (Wildman–Crippen MR) is 73.8 cm³/mol. The maximum absolute atomic E-state index is 11.7. The number of nitrogens with two attached hydrogens (primary N) is 1. The molecule has 1 aliphatic rings. The van der Waals surface area contributed by atoms with Crippen LogP contribution >= 0.6 is 0 Å². The fourth-order valence-electron chi connectivity index (χ4n) is 2.31. The molecule has 0 aliphatic carbocycles. The van der Waals surface area contributed by atoms with Crippen LogP contribution in [0.15, 0.2) is 24.3 Å². The smallest absolute Gasteiger partial charge is 0.239 e. The van der Waals surface area contributed by atoms with Gasteiger partial charge in [-0.1, -0.05) is 12.1 Å². The van der Waals surface area contributed by atoms with Gasteiger partial charge in [0.1, 0.15) is 5.82 Å². The summed E-state index contributed by atoms with van der Waals surface area (Å²) in [6.45, 7) is 1.79. The number of carbonyl (C=O) groups is 1. The molecule has 1 aromatic carbocycles. The normalized spacial score (nSPS) is 16.2. The van der Waals surface area contributed by atoms with E-state index in [9.17, 15) is 4.79 Å². The molecule has 0 radical (unpaired) electrons. The zero-order chi connectivity index (χ0) is 13.2. The molecule has 2 aromatic rings. The Kier molecular flexibility index (Phi) is 2.91. The van der Waals surface area contributed by atoms with Crippen LogP contribution in [0.2, 0.25) is 0 Å². The van der Waals surface area contributed by atoms with Crippen LogP contribution in [0.5, 0.6) is 0 Å². The molecule has 0 spiro atoms. The summed E-state index contributed by atoms with van der Waals surface area (Å²) in [6.07, 6.45) is 0.893. The largest absolute Gasteiger partial charge is 0.368 e. The number of nitrogens with one attached hydrogen (secondary N) is 1. The van der Waals surface area contributed by atoms with E-state index in [1.807, 2.05) is 29.2 Å². The quantitative estimate of drug-likeness (QED) is 0.779. The first-order valence-electron chi connectivity index (χ1n) is 6.28. The predicted octanol–water partition coefficient (Wildman–Crippen LogP) is 0.538. The Labute approximate surface area is 110 Å². The number of hydrogen-bond acceptors (Lipinski definition) is 5. The average molecular weight is 257 g/mol. The van der Waals surface area contributed by atoms with Crippen molar-refractivity contribution in [3.8, 4) is 0 Å². The summed E-state index contributed by atoms with van der Waals surface area (Å²) in [5.41, 5.74) is 6.56. The number of anilines is 2. The number of amides is 1. The van der Waals surface area contributed by atoms with E-state index in [0.29, 0.717) is 13.1 Å². The second kappa shape index (κ2) is 4.72. The van der Waals surface area contributed by atoms with Crippen molar-refractivity contribution in [1.29, 1.82) is 0 Å². The van der Waals surface area contributed by atoms with E-state index in [-0.39, 0.29) is 11.9 Å². The van der Waals surface area contributed by atoms with Gasteiger partial charge in [0.15, 0.2) is 0 Å². The fraction of sp³-hybridized carbons (Fsp3) is 0.308. The lowest BCUT2D eigenvalue weighted by atomic mass is 10.2. The fourth-order valence-corrected chi connectivity index (χ4v) is 2.31. The second-order valence-electron chi connectivity index (χ2n) is 4.55. The molecular weight excluding hydrogens is 242 g/mol. The van der Waals surface area contributed by atoms with Crippen LogP contribution in [-0.2, 0) is 4.79 Å². The third-order valence-electron chi connectivity index (χ3n) is 3.16. The molecule has 98 valence electrons. The van der Waals surface area contributed by atoms with Crippen molar-refractivity contribution in [1.82, 2.24) is 15.3 Å². The number of rotatable bonds is 1. The van der Waals surface area contributed by atoms with E-state index in [1.165, 1.54) is 0 Å². The van der Waals surface area contributed by atoms with E-state index < -0.39 is 0 Å². The summed E-state index contributed by atoms with van der Waals surface area (Å²) >= 11 is 0. The maximum Gasteiger partial charge on any atom is 0.239 e. The Bertz CT molecular complexity index is 627. The molecule has 1 fully saturated rings. The van der Waals surface area contributed by atoms with Crippen molar-refractivity contribution in [2.75, 3.05) is 30.3 Å². The highest BCUT2D eigenvalue weighted by Crippen LogP contribution is 2.24.